The van der Waals surface area contributed by atoms with Crippen molar-refractivity contribution in [2.24, 2.45) is 0 Å². The van der Waals surface area contributed by atoms with Crippen molar-refractivity contribution in [2.45, 2.75) is 4.90 Å². The van der Waals surface area contributed by atoms with Crippen LogP contribution in [0.4, 0.5) is 0 Å². The molecule has 1 rings (SSSR count). The molecule has 5 nitrogen and oxygen atoms in total. The summed E-state index contributed by atoms with van der Waals surface area (Å²) in [5.74, 6) is -1.73. The third-order valence-electron chi connectivity index (χ3n) is 1.41. The molecule has 6 heteroatoms. The van der Waals surface area contributed by atoms with Crippen molar-refractivity contribution in [3.8, 4) is 17.2 Å². The molecule has 0 aliphatic heterocycles. The second-order valence-electron chi connectivity index (χ2n) is 2.59. The van der Waals surface area contributed by atoms with Gasteiger partial charge in [-0.25, -0.2) is 8.42 Å². The van der Waals surface area contributed by atoms with E-state index >= 15 is 0 Å². The van der Waals surface area contributed by atoms with Crippen molar-refractivity contribution >= 4 is 9.84 Å². The zero-order valence-corrected chi connectivity index (χ0v) is 7.54. The van der Waals surface area contributed by atoms with E-state index in [0.29, 0.717) is 0 Å². The van der Waals surface area contributed by atoms with E-state index in [0.717, 1.165) is 18.4 Å². The fraction of sp³-hybridized carbons (Fsp3) is 0.143. The Kier molecular flexibility index (Phi) is 2.09. The van der Waals surface area contributed by atoms with E-state index in [9.17, 15) is 8.42 Å². The minimum Gasteiger partial charge on any atom is -0.508 e. The van der Waals surface area contributed by atoms with Crippen LogP contribution in [-0.4, -0.2) is 30.0 Å². The van der Waals surface area contributed by atoms with Crippen LogP contribution in [0.3, 0.4) is 0 Å². The lowest BCUT2D eigenvalue weighted by molar-refractivity contribution is 0.407. The Balaban J connectivity index is 3.57. The predicted molar refractivity (Wildman–Crippen MR) is 44.5 cm³/mol. The van der Waals surface area contributed by atoms with Crippen molar-refractivity contribution < 1.29 is 23.7 Å². The van der Waals surface area contributed by atoms with Crippen LogP contribution in [0.2, 0.25) is 0 Å². The third kappa shape index (κ3) is 1.83. The summed E-state index contributed by atoms with van der Waals surface area (Å²) in [6, 6.07) is 1.69. The summed E-state index contributed by atoms with van der Waals surface area (Å²) in [6.45, 7) is 0. The summed E-state index contributed by atoms with van der Waals surface area (Å²) in [5.41, 5.74) is 0. The summed E-state index contributed by atoms with van der Waals surface area (Å²) in [5, 5.41) is 27.1. The Labute approximate surface area is 74.8 Å². The van der Waals surface area contributed by atoms with Crippen LogP contribution < -0.4 is 0 Å². The SMILES string of the molecule is CS(=O)(=O)c1c(O)cc(O)cc1O. The van der Waals surface area contributed by atoms with E-state index in [1.807, 2.05) is 0 Å². The van der Waals surface area contributed by atoms with Crippen molar-refractivity contribution in [3.05, 3.63) is 12.1 Å². The van der Waals surface area contributed by atoms with Crippen LogP contribution in [0.15, 0.2) is 17.0 Å². The lowest BCUT2D eigenvalue weighted by atomic mass is 10.3. The number of sulfone groups is 1. The maximum atomic E-state index is 11.0. The molecule has 0 fully saturated rings. The van der Waals surface area contributed by atoms with Gasteiger partial charge in [-0.05, 0) is 0 Å². The summed E-state index contributed by atoms with van der Waals surface area (Å²) in [7, 11) is -3.69. The molecule has 0 aromatic heterocycles. The number of phenolic OH excluding ortho intramolecular Hbond substituents is 3. The van der Waals surface area contributed by atoms with Gasteiger partial charge in [-0.2, -0.15) is 0 Å². The normalized spacial score (nSPS) is 11.5. The van der Waals surface area contributed by atoms with Gasteiger partial charge < -0.3 is 15.3 Å². The van der Waals surface area contributed by atoms with Gasteiger partial charge in [0.05, 0.1) is 0 Å². The Bertz CT molecular complexity index is 411. The lowest BCUT2D eigenvalue weighted by Crippen LogP contribution is -1.97. The van der Waals surface area contributed by atoms with E-state index < -0.39 is 32.0 Å². The molecular formula is C7H8O5S. The topological polar surface area (TPSA) is 94.8 Å². The van der Waals surface area contributed by atoms with Crippen molar-refractivity contribution in [1.82, 2.24) is 0 Å². The standard InChI is InChI=1S/C7H8O5S/c1-13(11,12)7-5(9)2-4(8)3-6(7)10/h2-3,8-10H,1H3. The van der Waals surface area contributed by atoms with E-state index in [2.05, 4.69) is 0 Å². The first-order valence-electron chi connectivity index (χ1n) is 3.27. The van der Waals surface area contributed by atoms with E-state index in [1.165, 1.54) is 0 Å². The molecule has 0 aliphatic rings. The molecule has 1 aromatic rings. The molecule has 0 saturated carbocycles. The fourth-order valence-electron chi connectivity index (χ4n) is 0.964. The predicted octanol–water partition coefficient (Wildman–Crippen LogP) is 0.207. The monoisotopic (exact) mass is 204 g/mol. The number of hydrogen-bond donors (Lipinski definition) is 3. The largest absolute Gasteiger partial charge is 0.508 e. The Morgan fingerprint density at radius 3 is 1.77 bits per heavy atom. The van der Waals surface area contributed by atoms with Gasteiger partial charge in [-0.1, -0.05) is 0 Å². The van der Waals surface area contributed by atoms with Crippen LogP contribution in [0.5, 0.6) is 17.2 Å². The molecule has 0 radical (unpaired) electrons. The molecule has 0 bridgehead atoms. The van der Waals surface area contributed by atoms with Gasteiger partial charge in [-0.15, -0.1) is 0 Å². The highest BCUT2D eigenvalue weighted by Crippen LogP contribution is 2.35. The lowest BCUT2D eigenvalue weighted by Gasteiger charge is -2.04. The van der Waals surface area contributed by atoms with Gasteiger partial charge in [0.25, 0.3) is 0 Å². The number of hydrogen-bond acceptors (Lipinski definition) is 5. The molecule has 0 atom stereocenters. The maximum absolute atomic E-state index is 11.0. The molecular weight excluding hydrogens is 196 g/mol. The minimum atomic E-state index is -3.69. The average molecular weight is 204 g/mol. The van der Waals surface area contributed by atoms with Crippen LogP contribution in [0, 0.1) is 0 Å². The highest BCUT2D eigenvalue weighted by atomic mass is 32.2. The third-order valence-corrected chi connectivity index (χ3v) is 2.57. The van der Waals surface area contributed by atoms with Crippen LogP contribution in [0.1, 0.15) is 0 Å². The van der Waals surface area contributed by atoms with Crippen LogP contribution in [-0.2, 0) is 9.84 Å². The molecule has 1 aromatic carbocycles. The molecule has 3 N–H and O–H groups in total. The van der Waals surface area contributed by atoms with Crippen LogP contribution in [0.25, 0.3) is 0 Å². The Hall–Kier alpha value is -1.43. The second-order valence-corrected chi connectivity index (χ2v) is 4.54. The van der Waals surface area contributed by atoms with Crippen LogP contribution >= 0.6 is 0 Å². The van der Waals surface area contributed by atoms with Gasteiger partial charge in [0.15, 0.2) is 14.7 Å². The minimum absolute atomic E-state index is 0.401. The Morgan fingerprint density at radius 2 is 1.46 bits per heavy atom. The van der Waals surface area contributed by atoms with E-state index in [1.54, 1.807) is 0 Å². The molecule has 13 heavy (non-hydrogen) atoms. The van der Waals surface area contributed by atoms with Gasteiger partial charge in [0.2, 0.25) is 0 Å². The van der Waals surface area contributed by atoms with Gasteiger partial charge in [-0.3, -0.25) is 0 Å². The first-order chi connectivity index (χ1) is 5.82. The summed E-state index contributed by atoms with van der Waals surface area (Å²) >= 11 is 0. The quantitative estimate of drug-likeness (QED) is 0.607. The van der Waals surface area contributed by atoms with Crippen molar-refractivity contribution in [3.63, 3.8) is 0 Å². The molecule has 0 amide bonds. The molecule has 0 aliphatic carbocycles. The smallest absolute Gasteiger partial charge is 0.182 e. The molecule has 0 spiro atoms. The van der Waals surface area contributed by atoms with Crippen molar-refractivity contribution in [2.75, 3.05) is 6.26 Å². The average Bonchev–Trinajstić information content (AvgIpc) is 1.78. The fourth-order valence-corrected chi connectivity index (χ4v) is 1.84. The van der Waals surface area contributed by atoms with E-state index in [-0.39, 0.29) is 0 Å². The van der Waals surface area contributed by atoms with Gasteiger partial charge in [0.1, 0.15) is 17.2 Å². The first kappa shape index (κ1) is 9.66. The molecule has 72 valence electrons. The summed E-state index contributed by atoms with van der Waals surface area (Å²) in [6.07, 6.45) is 0.846. The number of aromatic hydroxyl groups is 3. The Morgan fingerprint density at radius 1 is 1.08 bits per heavy atom. The van der Waals surface area contributed by atoms with Gasteiger partial charge >= 0.3 is 0 Å². The number of phenols is 3. The second kappa shape index (κ2) is 2.81. The highest BCUT2D eigenvalue weighted by Gasteiger charge is 2.19. The molecule has 0 saturated heterocycles. The molecule has 0 unspecified atom stereocenters. The zero-order chi connectivity index (χ0) is 10.2. The molecule has 0 heterocycles. The van der Waals surface area contributed by atoms with Gasteiger partial charge in [0, 0.05) is 18.4 Å². The number of rotatable bonds is 1. The van der Waals surface area contributed by atoms with Crippen molar-refractivity contribution in [1.29, 1.82) is 0 Å². The number of benzene rings is 1. The first-order valence-corrected chi connectivity index (χ1v) is 5.16. The zero-order valence-electron chi connectivity index (χ0n) is 6.72. The summed E-state index contributed by atoms with van der Waals surface area (Å²) in [4.78, 5) is -0.578. The van der Waals surface area contributed by atoms with E-state index in [4.69, 9.17) is 15.3 Å². The highest BCUT2D eigenvalue weighted by molar-refractivity contribution is 7.91. The maximum Gasteiger partial charge on any atom is 0.182 e. The summed E-state index contributed by atoms with van der Waals surface area (Å²) < 4.78 is 22.0.